The van der Waals surface area contributed by atoms with Crippen LogP contribution < -0.4 is 0 Å². The third-order valence-corrected chi connectivity index (χ3v) is 8.33. The van der Waals surface area contributed by atoms with E-state index in [1.54, 1.807) is 0 Å². The van der Waals surface area contributed by atoms with Crippen LogP contribution in [0.1, 0.15) is 43.4 Å². The van der Waals surface area contributed by atoms with E-state index in [4.69, 9.17) is 0 Å². The third-order valence-electron chi connectivity index (χ3n) is 8.33. The second-order valence-electron chi connectivity index (χ2n) is 10.7. The molecule has 0 fully saturated rings. The van der Waals surface area contributed by atoms with Crippen molar-refractivity contribution in [1.29, 1.82) is 5.26 Å². The van der Waals surface area contributed by atoms with E-state index in [1.807, 2.05) is 12.1 Å². The zero-order chi connectivity index (χ0) is 25.1. The van der Waals surface area contributed by atoms with Gasteiger partial charge in [0.1, 0.15) is 0 Å². The molecule has 0 N–H and O–H groups in total. The van der Waals surface area contributed by atoms with Crippen molar-refractivity contribution in [2.45, 2.75) is 32.1 Å². The van der Waals surface area contributed by atoms with E-state index in [0.717, 1.165) is 18.4 Å². The minimum Gasteiger partial charge on any atom is -0.192 e. The molecule has 37 heavy (non-hydrogen) atoms. The lowest BCUT2D eigenvalue weighted by molar-refractivity contribution is 0.655. The van der Waals surface area contributed by atoms with Crippen molar-refractivity contribution >= 4 is 27.1 Å². The number of fused-ring (bicyclic) bond motifs is 5. The molecule has 0 heterocycles. The molecule has 2 aliphatic carbocycles. The summed E-state index contributed by atoms with van der Waals surface area (Å²) in [5, 5.41) is 14.3. The molecule has 5 aromatic rings. The van der Waals surface area contributed by atoms with E-state index < -0.39 is 0 Å². The van der Waals surface area contributed by atoms with E-state index in [0.29, 0.717) is 5.56 Å². The predicted octanol–water partition coefficient (Wildman–Crippen LogP) is 9.59. The zero-order valence-electron chi connectivity index (χ0n) is 21.2. The first-order valence-corrected chi connectivity index (χ1v) is 13.1. The van der Waals surface area contributed by atoms with Crippen LogP contribution in [0.25, 0.3) is 49.4 Å². The fraction of sp³-hybridized carbons (Fsp3) is 0.139. The second-order valence-corrected chi connectivity index (χ2v) is 10.7. The van der Waals surface area contributed by atoms with Gasteiger partial charge in [0.15, 0.2) is 0 Å². The van der Waals surface area contributed by atoms with Crippen molar-refractivity contribution in [3.63, 3.8) is 0 Å². The standard InChI is InChI=1S/C36H27N/c1-36(2)32-14-8-7-9-26(32)27-20-19-25(21-33(27)36)35-30-12-5-3-10-28(30)34(29-11-4-6-13-31(29)35)24-17-15-23(22-37)16-18-24/h3-6,9-21H,7-8H2,1-2H3. The summed E-state index contributed by atoms with van der Waals surface area (Å²) in [5.74, 6) is 0. The van der Waals surface area contributed by atoms with E-state index >= 15 is 0 Å². The summed E-state index contributed by atoms with van der Waals surface area (Å²) < 4.78 is 0. The van der Waals surface area contributed by atoms with Crippen LogP contribution >= 0.6 is 0 Å². The Hall–Kier alpha value is -4.41. The fourth-order valence-electron chi connectivity index (χ4n) is 6.58. The SMILES string of the molecule is CC1(C)C2=CCCC=C2c2ccc(-c3c4ccccc4c(-c4ccc(C#N)cc4)c4ccccc34)cc21. The Morgan fingerprint density at radius 1 is 0.649 bits per heavy atom. The Morgan fingerprint density at radius 3 is 1.78 bits per heavy atom. The number of rotatable bonds is 2. The third kappa shape index (κ3) is 3.16. The van der Waals surface area contributed by atoms with E-state index in [1.165, 1.54) is 60.5 Å². The first kappa shape index (κ1) is 21.8. The molecule has 0 saturated carbocycles. The number of hydrogen-bond donors (Lipinski definition) is 0. The number of benzene rings is 5. The smallest absolute Gasteiger partial charge is 0.0991 e. The molecule has 0 saturated heterocycles. The lowest BCUT2D eigenvalue weighted by atomic mass is 9.79. The molecule has 0 aromatic heterocycles. The molecular weight excluding hydrogens is 446 g/mol. The van der Waals surface area contributed by atoms with Gasteiger partial charge >= 0.3 is 0 Å². The van der Waals surface area contributed by atoms with Gasteiger partial charge in [0, 0.05) is 5.41 Å². The summed E-state index contributed by atoms with van der Waals surface area (Å²) in [7, 11) is 0. The minimum atomic E-state index is 0.00559. The average molecular weight is 474 g/mol. The molecule has 2 aliphatic rings. The highest BCUT2D eigenvalue weighted by Crippen LogP contribution is 2.53. The van der Waals surface area contributed by atoms with Gasteiger partial charge in [0.05, 0.1) is 11.6 Å². The van der Waals surface area contributed by atoms with Crippen molar-refractivity contribution in [3.05, 3.63) is 125 Å². The lowest BCUT2D eigenvalue weighted by Gasteiger charge is -2.24. The molecule has 0 amide bonds. The summed E-state index contributed by atoms with van der Waals surface area (Å²) in [6.45, 7) is 4.75. The van der Waals surface area contributed by atoms with Gasteiger partial charge in [-0.3, -0.25) is 0 Å². The van der Waals surface area contributed by atoms with Crippen LogP contribution in [0.2, 0.25) is 0 Å². The van der Waals surface area contributed by atoms with Gasteiger partial charge in [-0.15, -0.1) is 0 Å². The monoisotopic (exact) mass is 473 g/mol. The van der Waals surface area contributed by atoms with Crippen LogP contribution in [0.3, 0.4) is 0 Å². The number of nitrogens with zero attached hydrogens (tertiary/aromatic N) is 1. The van der Waals surface area contributed by atoms with Crippen LogP contribution in [0.15, 0.2) is 109 Å². The van der Waals surface area contributed by atoms with Gasteiger partial charge < -0.3 is 0 Å². The summed E-state index contributed by atoms with van der Waals surface area (Å²) in [6.07, 6.45) is 7.14. The highest BCUT2D eigenvalue weighted by Gasteiger charge is 2.38. The van der Waals surface area contributed by atoms with E-state index in [-0.39, 0.29) is 5.41 Å². The quantitative estimate of drug-likeness (QED) is 0.234. The molecule has 0 unspecified atom stereocenters. The molecule has 0 atom stereocenters. The lowest BCUT2D eigenvalue weighted by Crippen LogP contribution is -2.15. The van der Waals surface area contributed by atoms with Gasteiger partial charge in [-0.25, -0.2) is 0 Å². The van der Waals surface area contributed by atoms with Gasteiger partial charge in [-0.05, 0) is 97.1 Å². The molecule has 0 aliphatic heterocycles. The predicted molar refractivity (Wildman–Crippen MR) is 155 cm³/mol. The van der Waals surface area contributed by atoms with Gasteiger partial charge in [-0.2, -0.15) is 5.26 Å². The van der Waals surface area contributed by atoms with Crippen molar-refractivity contribution in [1.82, 2.24) is 0 Å². The zero-order valence-corrected chi connectivity index (χ0v) is 21.2. The van der Waals surface area contributed by atoms with Crippen molar-refractivity contribution in [2.24, 2.45) is 0 Å². The summed E-state index contributed by atoms with van der Waals surface area (Å²) in [5.41, 5.74) is 11.3. The number of hydrogen-bond acceptors (Lipinski definition) is 1. The Bertz CT molecular complexity index is 1780. The first-order chi connectivity index (χ1) is 18.1. The topological polar surface area (TPSA) is 23.8 Å². The van der Waals surface area contributed by atoms with Crippen molar-refractivity contribution < 1.29 is 0 Å². The summed E-state index contributed by atoms with van der Waals surface area (Å²) in [6, 6.07) is 34.9. The largest absolute Gasteiger partial charge is 0.192 e. The Labute approximate surface area is 218 Å². The summed E-state index contributed by atoms with van der Waals surface area (Å²) in [4.78, 5) is 0. The van der Waals surface area contributed by atoms with E-state index in [9.17, 15) is 5.26 Å². The first-order valence-electron chi connectivity index (χ1n) is 13.1. The van der Waals surface area contributed by atoms with Crippen LogP contribution in [-0.4, -0.2) is 0 Å². The fourth-order valence-corrected chi connectivity index (χ4v) is 6.58. The normalized spacial score (nSPS) is 15.6. The van der Waals surface area contributed by atoms with Crippen LogP contribution in [0, 0.1) is 11.3 Å². The van der Waals surface area contributed by atoms with Crippen molar-refractivity contribution in [2.75, 3.05) is 0 Å². The molecule has 0 bridgehead atoms. The Kier molecular flexibility index (Phi) is 4.75. The van der Waals surface area contributed by atoms with E-state index in [2.05, 4.69) is 111 Å². The average Bonchev–Trinajstić information content (AvgIpc) is 3.18. The highest BCUT2D eigenvalue weighted by atomic mass is 14.4. The Morgan fingerprint density at radius 2 is 1.19 bits per heavy atom. The van der Waals surface area contributed by atoms with Gasteiger partial charge in [-0.1, -0.05) is 98.8 Å². The molecule has 0 spiro atoms. The molecule has 7 rings (SSSR count). The molecule has 1 heteroatoms. The molecular formula is C36H27N. The maximum Gasteiger partial charge on any atom is 0.0991 e. The minimum absolute atomic E-state index is 0.00559. The highest BCUT2D eigenvalue weighted by molar-refractivity contribution is 6.21. The van der Waals surface area contributed by atoms with Crippen LogP contribution in [0.4, 0.5) is 0 Å². The molecule has 5 aromatic carbocycles. The second kappa shape index (κ2) is 8.05. The van der Waals surface area contributed by atoms with Crippen LogP contribution in [0.5, 0.6) is 0 Å². The Balaban J connectivity index is 1.54. The molecule has 0 radical (unpaired) electrons. The molecule has 1 nitrogen and oxygen atoms in total. The maximum absolute atomic E-state index is 9.32. The van der Waals surface area contributed by atoms with Crippen molar-refractivity contribution in [3.8, 4) is 28.3 Å². The number of nitriles is 1. The number of allylic oxidation sites excluding steroid dienone is 4. The molecule has 176 valence electrons. The summed E-state index contributed by atoms with van der Waals surface area (Å²) >= 11 is 0. The maximum atomic E-state index is 9.32. The van der Waals surface area contributed by atoms with Crippen LogP contribution in [-0.2, 0) is 5.41 Å². The van der Waals surface area contributed by atoms with Gasteiger partial charge in [0.25, 0.3) is 0 Å². The van der Waals surface area contributed by atoms with Gasteiger partial charge in [0.2, 0.25) is 0 Å².